The lowest BCUT2D eigenvalue weighted by atomic mass is 10.0. The number of esters is 1. The first-order chi connectivity index (χ1) is 26.3. The summed E-state index contributed by atoms with van der Waals surface area (Å²) in [5, 5.41) is 18.3. The van der Waals surface area contributed by atoms with Crippen molar-refractivity contribution in [2.75, 3.05) is 33.0 Å². The predicted octanol–water partition coefficient (Wildman–Crippen LogP) is 12.0. The number of hydrogen-bond acceptors (Lipinski definition) is 8. The third-order valence-corrected chi connectivity index (χ3v) is 10.3. The van der Waals surface area contributed by atoms with Gasteiger partial charge in [0.05, 0.1) is 26.4 Å². The number of aliphatic hydroxyl groups excluding tert-OH is 2. The van der Waals surface area contributed by atoms with Crippen molar-refractivity contribution < 1.29 is 43.0 Å². The standard InChI is InChI=1S/C44H83O9P/c1-3-5-7-9-11-13-15-17-19-20-21-22-23-24-26-28-30-32-34-36-44(47)53-43(41-52-54(48,49)51-39-42(46)38-45)40-50-37-35-33-31-29-27-25-18-16-14-12-10-8-6-4-2/h11,13,17,19,21-22,42-43,45-46H,3-10,12,14-16,18,20,23-41H2,1-2H3,(H,48,49)/b13-11-,19-17-,22-21-. The maximum atomic E-state index is 12.6. The summed E-state index contributed by atoms with van der Waals surface area (Å²) in [7, 11) is -4.52. The summed E-state index contributed by atoms with van der Waals surface area (Å²) in [5.74, 6) is -0.393. The summed E-state index contributed by atoms with van der Waals surface area (Å²) in [5.41, 5.74) is 0. The zero-order valence-electron chi connectivity index (χ0n) is 34.7. The van der Waals surface area contributed by atoms with Gasteiger partial charge < -0.3 is 24.6 Å². The summed E-state index contributed by atoms with van der Waals surface area (Å²) in [6, 6.07) is 0. The van der Waals surface area contributed by atoms with Crippen molar-refractivity contribution in [1.29, 1.82) is 0 Å². The number of rotatable bonds is 42. The molecule has 0 heterocycles. The van der Waals surface area contributed by atoms with Gasteiger partial charge in [-0.3, -0.25) is 13.8 Å². The highest BCUT2D eigenvalue weighted by atomic mass is 31.2. The SMILES string of the molecule is CCCCC/C=C\C/C=C\C/C=C\CCCCCCCCC(=O)OC(COCCCCCCCCCCCCCCCC)COP(=O)(O)OCC(O)CO. The Morgan fingerprint density at radius 3 is 1.54 bits per heavy atom. The van der Waals surface area contributed by atoms with Crippen LogP contribution >= 0.6 is 7.82 Å². The minimum Gasteiger partial charge on any atom is -0.457 e. The average Bonchev–Trinajstić information content (AvgIpc) is 3.16. The molecule has 10 heteroatoms. The second-order valence-corrected chi connectivity index (χ2v) is 16.2. The molecule has 0 aliphatic rings. The van der Waals surface area contributed by atoms with Crippen LogP contribution in [0.25, 0.3) is 0 Å². The first-order valence-electron chi connectivity index (χ1n) is 22.0. The summed E-state index contributed by atoms with van der Waals surface area (Å²) in [4.78, 5) is 22.6. The molecule has 0 saturated heterocycles. The lowest BCUT2D eigenvalue weighted by molar-refractivity contribution is -0.154. The lowest BCUT2D eigenvalue weighted by Crippen LogP contribution is -2.29. The molecule has 0 aliphatic carbocycles. The second-order valence-electron chi connectivity index (χ2n) is 14.7. The highest BCUT2D eigenvalue weighted by Gasteiger charge is 2.26. The zero-order valence-corrected chi connectivity index (χ0v) is 35.6. The summed E-state index contributed by atoms with van der Waals surface area (Å²) >= 11 is 0. The molecule has 3 unspecified atom stereocenters. The lowest BCUT2D eigenvalue weighted by Gasteiger charge is -2.20. The van der Waals surface area contributed by atoms with E-state index in [-0.39, 0.29) is 19.6 Å². The molecule has 0 rings (SSSR count). The van der Waals surface area contributed by atoms with Gasteiger partial charge in [-0.2, -0.15) is 0 Å². The molecule has 0 bridgehead atoms. The summed E-state index contributed by atoms with van der Waals surface area (Å²) in [6.07, 6.45) is 43.8. The topological polar surface area (TPSA) is 132 Å². The minimum absolute atomic E-state index is 0.0463. The van der Waals surface area contributed by atoms with Crippen LogP contribution in [0.2, 0.25) is 0 Å². The number of carbonyl (C=O) groups excluding carboxylic acids is 1. The fourth-order valence-electron chi connectivity index (χ4n) is 5.95. The molecule has 0 aromatic rings. The fraction of sp³-hybridized carbons (Fsp3) is 0.841. The molecule has 3 atom stereocenters. The van der Waals surface area contributed by atoms with Crippen LogP contribution in [-0.2, 0) is 27.9 Å². The van der Waals surface area contributed by atoms with E-state index in [9.17, 15) is 19.4 Å². The summed E-state index contributed by atoms with van der Waals surface area (Å²) in [6.45, 7) is 3.49. The molecule has 0 aromatic carbocycles. The predicted molar refractivity (Wildman–Crippen MR) is 224 cm³/mol. The van der Waals surface area contributed by atoms with Crippen molar-refractivity contribution in [2.45, 2.75) is 206 Å². The molecule has 0 amide bonds. The first kappa shape index (κ1) is 52.7. The van der Waals surface area contributed by atoms with E-state index >= 15 is 0 Å². The monoisotopic (exact) mass is 787 g/mol. The van der Waals surface area contributed by atoms with Gasteiger partial charge in [-0.15, -0.1) is 0 Å². The van der Waals surface area contributed by atoms with Gasteiger partial charge in [0.1, 0.15) is 12.2 Å². The third kappa shape index (κ3) is 40.3. The number of hydrogen-bond donors (Lipinski definition) is 3. The highest BCUT2D eigenvalue weighted by molar-refractivity contribution is 7.47. The van der Waals surface area contributed by atoms with Crippen LogP contribution in [0, 0.1) is 0 Å². The smallest absolute Gasteiger partial charge is 0.457 e. The molecular formula is C44H83O9P. The Morgan fingerprint density at radius 1 is 0.574 bits per heavy atom. The normalized spacial score (nSPS) is 14.4. The second kappa shape index (κ2) is 41.3. The van der Waals surface area contributed by atoms with E-state index < -0.39 is 39.2 Å². The Morgan fingerprint density at radius 2 is 1.00 bits per heavy atom. The van der Waals surface area contributed by atoms with Gasteiger partial charge in [-0.25, -0.2) is 4.57 Å². The summed E-state index contributed by atoms with van der Waals surface area (Å²) < 4.78 is 33.4. The Labute approximate surface area is 331 Å². The molecule has 9 nitrogen and oxygen atoms in total. The van der Waals surface area contributed by atoms with E-state index in [1.54, 1.807) is 0 Å². The molecule has 0 fully saturated rings. The van der Waals surface area contributed by atoms with E-state index in [0.29, 0.717) is 13.0 Å². The largest absolute Gasteiger partial charge is 0.472 e. The quantitative estimate of drug-likeness (QED) is 0.0239. The van der Waals surface area contributed by atoms with Crippen LogP contribution in [0.5, 0.6) is 0 Å². The number of unbranched alkanes of at least 4 members (excludes halogenated alkanes) is 22. The van der Waals surface area contributed by atoms with Gasteiger partial charge in [-0.05, 0) is 51.4 Å². The van der Waals surface area contributed by atoms with Crippen LogP contribution in [0.15, 0.2) is 36.5 Å². The Hall–Kier alpha value is -1.32. The molecule has 318 valence electrons. The van der Waals surface area contributed by atoms with E-state index in [4.69, 9.17) is 23.6 Å². The number of phosphoric acid groups is 1. The van der Waals surface area contributed by atoms with E-state index in [1.165, 1.54) is 116 Å². The molecule has 3 N–H and O–H groups in total. The van der Waals surface area contributed by atoms with E-state index in [2.05, 4.69) is 50.3 Å². The molecule has 0 aliphatic heterocycles. The van der Waals surface area contributed by atoms with Crippen molar-refractivity contribution in [3.8, 4) is 0 Å². The van der Waals surface area contributed by atoms with Crippen LogP contribution in [0.3, 0.4) is 0 Å². The maximum Gasteiger partial charge on any atom is 0.472 e. The Kier molecular flexibility index (Phi) is 40.3. The van der Waals surface area contributed by atoms with Crippen LogP contribution in [0.4, 0.5) is 0 Å². The van der Waals surface area contributed by atoms with E-state index in [0.717, 1.165) is 51.4 Å². The van der Waals surface area contributed by atoms with Gasteiger partial charge in [-0.1, -0.05) is 172 Å². The van der Waals surface area contributed by atoms with Crippen molar-refractivity contribution in [3.63, 3.8) is 0 Å². The van der Waals surface area contributed by atoms with Gasteiger partial charge in [0.2, 0.25) is 0 Å². The van der Waals surface area contributed by atoms with Crippen molar-refractivity contribution in [1.82, 2.24) is 0 Å². The molecule has 0 saturated carbocycles. The Bertz CT molecular complexity index is 939. The van der Waals surface area contributed by atoms with Crippen molar-refractivity contribution >= 4 is 13.8 Å². The van der Waals surface area contributed by atoms with Gasteiger partial charge >= 0.3 is 13.8 Å². The van der Waals surface area contributed by atoms with Crippen LogP contribution < -0.4 is 0 Å². The number of ether oxygens (including phenoxy) is 2. The number of allylic oxidation sites excluding steroid dienone is 6. The molecular weight excluding hydrogens is 703 g/mol. The fourth-order valence-corrected chi connectivity index (χ4v) is 6.74. The number of phosphoric ester groups is 1. The van der Waals surface area contributed by atoms with Gasteiger partial charge in [0.15, 0.2) is 0 Å². The average molecular weight is 787 g/mol. The van der Waals surface area contributed by atoms with Crippen LogP contribution in [-0.4, -0.2) is 66.3 Å². The molecule has 0 radical (unpaired) electrons. The minimum atomic E-state index is -4.52. The highest BCUT2D eigenvalue weighted by Crippen LogP contribution is 2.43. The maximum absolute atomic E-state index is 12.6. The van der Waals surface area contributed by atoms with Gasteiger partial charge in [0.25, 0.3) is 0 Å². The van der Waals surface area contributed by atoms with Crippen molar-refractivity contribution in [3.05, 3.63) is 36.5 Å². The Balaban J connectivity index is 4.18. The van der Waals surface area contributed by atoms with E-state index in [1.807, 2.05) is 0 Å². The number of aliphatic hydroxyl groups is 2. The first-order valence-corrected chi connectivity index (χ1v) is 23.5. The third-order valence-electron chi connectivity index (χ3n) is 9.33. The van der Waals surface area contributed by atoms with Gasteiger partial charge in [0, 0.05) is 13.0 Å². The molecule has 0 aromatic heterocycles. The zero-order chi connectivity index (χ0) is 39.6. The molecule has 0 spiro atoms. The van der Waals surface area contributed by atoms with Crippen molar-refractivity contribution in [2.24, 2.45) is 0 Å². The number of carbonyl (C=O) groups is 1. The molecule has 54 heavy (non-hydrogen) atoms. The van der Waals surface area contributed by atoms with Crippen LogP contribution in [0.1, 0.15) is 194 Å².